The van der Waals surface area contributed by atoms with Gasteiger partial charge in [0.25, 0.3) is 0 Å². The summed E-state index contributed by atoms with van der Waals surface area (Å²) in [4.78, 5) is 0. The third-order valence-corrected chi connectivity index (χ3v) is 4.28. The van der Waals surface area contributed by atoms with Gasteiger partial charge in [-0.3, -0.25) is 0 Å². The predicted octanol–water partition coefficient (Wildman–Crippen LogP) is 4.43. The summed E-state index contributed by atoms with van der Waals surface area (Å²) in [6.07, 6.45) is 0.997. The monoisotopic (exact) mass is 275 g/mol. The molecule has 0 saturated heterocycles. The minimum absolute atomic E-state index is 0.359. The molecule has 0 aliphatic rings. The van der Waals surface area contributed by atoms with Crippen LogP contribution < -0.4 is 5.73 Å². The van der Waals surface area contributed by atoms with E-state index >= 15 is 0 Å². The van der Waals surface area contributed by atoms with E-state index in [0.717, 1.165) is 6.42 Å². The maximum atomic E-state index is 6.09. The Kier molecular flexibility index (Phi) is 4.03. The SMILES string of the molecule is Cc1ccccc1CC(CN)c1cccc2ccccc12. The lowest BCUT2D eigenvalue weighted by atomic mass is 9.87. The maximum Gasteiger partial charge on any atom is 0.000782 e. The molecule has 0 aliphatic heterocycles. The van der Waals surface area contributed by atoms with Crippen molar-refractivity contribution in [3.05, 3.63) is 83.4 Å². The fraction of sp³-hybridized carbons (Fsp3) is 0.200. The number of rotatable bonds is 4. The van der Waals surface area contributed by atoms with Crippen molar-refractivity contribution in [1.29, 1.82) is 0 Å². The highest BCUT2D eigenvalue weighted by atomic mass is 14.5. The van der Waals surface area contributed by atoms with Gasteiger partial charge < -0.3 is 5.73 Å². The third-order valence-electron chi connectivity index (χ3n) is 4.28. The molecular weight excluding hydrogens is 254 g/mol. The molecular formula is C20H21N. The van der Waals surface area contributed by atoms with Gasteiger partial charge in [0.15, 0.2) is 0 Å². The zero-order chi connectivity index (χ0) is 14.7. The summed E-state index contributed by atoms with van der Waals surface area (Å²) in [5.74, 6) is 0.359. The van der Waals surface area contributed by atoms with Gasteiger partial charge in [-0.25, -0.2) is 0 Å². The number of aryl methyl sites for hydroxylation is 1. The first kappa shape index (κ1) is 13.8. The van der Waals surface area contributed by atoms with Crippen molar-refractivity contribution in [3.63, 3.8) is 0 Å². The van der Waals surface area contributed by atoms with Crippen molar-refractivity contribution >= 4 is 10.8 Å². The molecule has 0 saturated carbocycles. The van der Waals surface area contributed by atoms with E-state index in [-0.39, 0.29) is 0 Å². The second kappa shape index (κ2) is 6.11. The molecule has 2 N–H and O–H groups in total. The Morgan fingerprint density at radius 3 is 2.38 bits per heavy atom. The molecule has 0 bridgehead atoms. The van der Waals surface area contributed by atoms with Crippen LogP contribution in [0.4, 0.5) is 0 Å². The molecule has 0 aliphatic carbocycles. The van der Waals surface area contributed by atoms with Gasteiger partial charge in [-0.2, -0.15) is 0 Å². The van der Waals surface area contributed by atoms with Gasteiger partial charge in [0, 0.05) is 5.92 Å². The Balaban J connectivity index is 2.01. The van der Waals surface area contributed by atoms with Crippen LogP contribution in [0.5, 0.6) is 0 Å². The van der Waals surface area contributed by atoms with Crippen LogP contribution >= 0.6 is 0 Å². The molecule has 0 radical (unpaired) electrons. The van der Waals surface area contributed by atoms with Crippen LogP contribution in [-0.2, 0) is 6.42 Å². The average Bonchev–Trinajstić information content (AvgIpc) is 2.54. The molecule has 21 heavy (non-hydrogen) atoms. The van der Waals surface area contributed by atoms with E-state index in [1.165, 1.54) is 27.5 Å². The van der Waals surface area contributed by atoms with E-state index in [2.05, 4.69) is 73.7 Å². The lowest BCUT2D eigenvalue weighted by Crippen LogP contribution is -2.16. The van der Waals surface area contributed by atoms with Gasteiger partial charge in [-0.05, 0) is 47.4 Å². The molecule has 0 fully saturated rings. The van der Waals surface area contributed by atoms with Crippen LogP contribution in [0.25, 0.3) is 10.8 Å². The van der Waals surface area contributed by atoms with Crippen LogP contribution in [0.3, 0.4) is 0 Å². The van der Waals surface area contributed by atoms with Gasteiger partial charge in [0.05, 0.1) is 0 Å². The molecule has 0 spiro atoms. The first-order valence-electron chi connectivity index (χ1n) is 7.52. The summed E-state index contributed by atoms with van der Waals surface area (Å²) >= 11 is 0. The summed E-state index contributed by atoms with van der Waals surface area (Å²) in [6, 6.07) is 23.7. The molecule has 1 atom stereocenters. The van der Waals surface area contributed by atoms with Crippen molar-refractivity contribution in [2.75, 3.05) is 6.54 Å². The summed E-state index contributed by atoms with van der Waals surface area (Å²) < 4.78 is 0. The van der Waals surface area contributed by atoms with Gasteiger partial charge in [-0.1, -0.05) is 66.7 Å². The molecule has 1 nitrogen and oxygen atoms in total. The molecule has 3 aromatic rings. The van der Waals surface area contributed by atoms with E-state index in [1.807, 2.05) is 0 Å². The van der Waals surface area contributed by atoms with Crippen LogP contribution in [0, 0.1) is 6.92 Å². The van der Waals surface area contributed by atoms with Crippen molar-refractivity contribution in [1.82, 2.24) is 0 Å². The minimum atomic E-state index is 0.359. The molecule has 1 heteroatoms. The number of fused-ring (bicyclic) bond motifs is 1. The molecule has 3 aromatic carbocycles. The average molecular weight is 275 g/mol. The van der Waals surface area contributed by atoms with Crippen LogP contribution in [0.2, 0.25) is 0 Å². The van der Waals surface area contributed by atoms with Crippen molar-refractivity contribution in [2.24, 2.45) is 5.73 Å². The Morgan fingerprint density at radius 1 is 0.857 bits per heavy atom. The predicted molar refractivity (Wildman–Crippen MR) is 90.6 cm³/mol. The summed E-state index contributed by atoms with van der Waals surface area (Å²) in [5.41, 5.74) is 10.2. The summed E-state index contributed by atoms with van der Waals surface area (Å²) in [6.45, 7) is 2.84. The van der Waals surface area contributed by atoms with E-state index in [9.17, 15) is 0 Å². The molecule has 0 amide bonds. The maximum absolute atomic E-state index is 6.09. The molecule has 0 heterocycles. The van der Waals surface area contributed by atoms with Crippen molar-refractivity contribution < 1.29 is 0 Å². The van der Waals surface area contributed by atoms with E-state index < -0.39 is 0 Å². The zero-order valence-corrected chi connectivity index (χ0v) is 12.4. The highest BCUT2D eigenvalue weighted by Crippen LogP contribution is 2.28. The van der Waals surface area contributed by atoms with Crippen LogP contribution in [0.1, 0.15) is 22.6 Å². The second-order valence-electron chi connectivity index (χ2n) is 5.63. The number of benzene rings is 3. The fourth-order valence-electron chi connectivity index (χ4n) is 3.03. The topological polar surface area (TPSA) is 26.0 Å². The van der Waals surface area contributed by atoms with Gasteiger partial charge >= 0.3 is 0 Å². The van der Waals surface area contributed by atoms with Crippen LogP contribution in [-0.4, -0.2) is 6.54 Å². The van der Waals surface area contributed by atoms with Crippen molar-refractivity contribution in [2.45, 2.75) is 19.3 Å². The standard InChI is InChI=1S/C20H21N/c1-15-7-2-3-9-17(15)13-18(14-21)20-12-6-10-16-8-4-5-11-19(16)20/h2-12,18H,13-14,21H2,1H3. The molecule has 106 valence electrons. The third kappa shape index (κ3) is 2.84. The second-order valence-corrected chi connectivity index (χ2v) is 5.63. The largest absolute Gasteiger partial charge is 0.330 e. The number of nitrogens with two attached hydrogens (primary N) is 1. The Hall–Kier alpha value is -2.12. The molecule has 1 unspecified atom stereocenters. The van der Waals surface area contributed by atoms with Gasteiger partial charge in [-0.15, -0.1) is 0 Å². The Labute approximate surface area is 126 Å². The number of hydrogen-bond acceptors (Lipinski definition) is 1. The Bertz CT molecular complexity index is 740. The zero-order valence-electron chi connectivity index (χ0n) is 12.4. The van der Waals surface area contributed by atoms with Crippen LogP contribution in [0.15, 0.2) is 66.7 Å². The fourth-order valence-corrected chi connectivity index (χ4v) is 3.03. The highest BCUT2D eigenvalue weighted by molar-refractivity contribution is 5.86. The highest BCUT2D eigenvalue weighted by Gasteiger charge is 2.14. The minimum Gasteiger partial charge on any atom is -0.330 e. The molecule has 3 rings (SSSR count). The smallest absolute Gasteiger partial charge is 0.000782 e. The summed E-state index contributed by atoms with van der Waals surface area (Å²) in [7, 11) is 0. The lowest BCUT2D eigenvalue weighted by Gasteiger charge is -2.19. The van der Waals surface area contributed by atoms with Gasteiger partial charge in [0.2, 0.25) is 0 Å². The first-order valence-corrected chi connectivity index (χ1v) is 7.52. The van der Waals surface area contributed by atoms with E-state index in [0.29, 0.717) is 12.5 Å². The van der Waals surface area contributed by atoms with Crippen molar-refractivity contribution in [3.8, 4) is 0 Å². The Morgan fingerprint density at radius 2 is 1.57 bits per heavy atom. The van der Waals surface area contributed by atoms with E-state index in [4.69, 9.17) is 5.73 Å². The first-order chi connectivity index (χ1) is 10.3. The quantitative estimate of drug-likeness (QED) is 0.748. The van der Waals surface area contributed by atoms with E-state index in [1.54, 1.807) is 0 Å². The van der Waals surface area contributed by atoms with Gasteiger partial charge in [0.1, 0.15) is 0 Å². The lowest BCUT2D eigenvalue weighted by molar-refractivity contribution is 0.697. The normalized spacial score (nSPS) is 12.5. The summed E-state index contributed by atoms with van der Waals surface area (Å²) in [5, 5.41) is 2.61. The molecule has 0 aromatic heterocycles. The number of hydrogen-bond donors (Lipinski definition) is 1.